The molecule has 2 aliphatic rings. The molecule has 6 N–H and O–H groups in total. The molecule has 15 nitrogen and oxygen atoms in total. The molecular weight excluding hydrogens is 637 g/mol. The minimum Gasteiger partial charge on any atom is -0.437 e. The molecule has 2 saturated heterocycles. The number of aliphatic hydroxyl groups is 1. The maximum atomic E-state index is 13.5. The predicted octanol–water partition coefficient (Wildman–Crippen LogP) is 0.980. The first-order valence-corrected chi connectivity index (χ1v) is 14.2. The van der Waals surface area contributed by atoms with Crippen molar-refractivity contribution in [1.29, 1.82) is 0 Å². The Bertz CT molecular complexity index is 1810. The molecule has 1 aromatic carbocycles. The van der Waals surface area contributed by atoms with Gasteiger partial charge < -0.3 is 31.1 Å². The fourth-order valence-corrected chi connectivity index (χ4v) is 5.84. The van der Waals surface area contributed by atoms with Gasteiger partial charge in [-0.1, -0.05) is 11.6 Å². The Kier molecular flexibility index (Phi) is 8.28. The molecule has 2 fully saturated rings. The summed E-state index contributed by atoms with van der Waals surface area (Å²) in [5.41, 5.74) is 4.78. The lowest BCUT2D eigenvalue weighted by molar-refractivity contribution is -0.173. The summed E-state index contributed by atoms with van der Waals surface area (Å²) in [6.07, 6.45) is -1.26. The summed E-state index contributed by atoms with van der Waals surface area (Å²) < 4.78 is 47.1. The van der Waals surface area contributed by atoms with Crippen molar-refractivity contribution in [2.45, 2.75) is 24.6 Å². The fraction of sp³-hybridized carbons (Fsp3) is 0.333. The monoisotopic (exact) mass is 662 g/mol. The van der Waals surface area contributed by atoms with Gasteiger partial charge in [0, 0.05) is 44.3 Å². The molecule has 242 valence electrons. The summed E-state index contributed by atoms with van der Waals surface area (Å²) in [6, 6.07) is 4.11. The number of alkyl halides is 3. The third-order valence-corrected chi connectivity index (χ3v) is 8.08. The van der Waals surface area contributed by atoms with Crippen molar-refractivity contribution in [3.05, 3.63) is 59.3 Å². The highest BCUT2D eigenvalue weighted by Gasteiger charge is 2.41. The van der Waals surface area contributed by atoms with Gasteiger partial charge >= 0.3 is 18.1 Å². The number of amides is 2. The molecule has 46 heavy (non-hydrogen) atoms. The molecule has 6 rings (SSSR count). The van der Waals surface area contributed by atoms with Crippen LogP contribution in [0.3, 0.4) is 0 Å². The Morgan fingerprint density at radius 1 is 1.15 bits per heavy atom. The summed E-state index contributed by atoms with van der Waals surface area (Å²) in [7, 11) is 0. The molecule has 3 aromatic heterocycles. The van der Waals surface area contributed by atoms with Gasteiger partial charge in [0.2, 0.25) is 0 Å². The van der Waals surface area contributed by atoms with Crippen LogP contribution in [0, 0.1) is 0 Å². The highest BCUT2D eigenvalue weighted by atomic mass is 35.5. The number of benzene rings is 1. The van der Waals surface area contributed by atoms with Gasteiger partial charge in [-0.3, -0.25) is 24.0 Å². The number of β-amino-alcohol motifs (C(OH)–C–C–N with tert-alkyl or cyclic N) is 1. The van der Waals surface area contributed by atoms with Crippen LogP contribution in [0.1, 0.15) is 16.1 Å². The van der Waals surface area contributed by atoms with Gasteiger partial charge in [0.15, 0.2) is 17.7 Å². The fourth-order valence-electron chi connectivity index (χ4n) is 5.58. The quantitative estimate of drug-likeness (QED) is 0.146. The number of esters is 1. The van der Waals surface area contributed by atoms with Gasteiger partial charge in [-0.25, -0.2) is 14.8 Å². The lowest BCUT2D eigenvalue weighted by Crippen LogP contribution is -2.61. The van der Waals surface area contributed by atoms with E-state index >= 15 is 0 Å². The van der Waals surface area contributed by atoms with Gasteiger partial charge in [0.25, 0.3) is 5.91 Å². The number of fused-ring (bicyclic) bond motifs is 1. The van der Waals surface area contributed by atoms with Crippen LogP contribution >= 0.6 is 11.6 Å². The number of nitrogens with one attached hydrogen (secondary N) is 3. The van der Waals surface area contributed by atoms with Crippen LogP contribution in [-0.4, -0.2) is 108 Å². The van der Waals surface area contributed by atoms with E-state index in [9.17, 15) is 32.7 Å². The standard InChI is InChI=1S/C27H26ClF3N10O5/c28-16-7-13(37-23-24-35-10-17(41(24)4-3-34-23)15-8-36-38-21(15)27(29,30)31)1-2-14(16)25(44)39-5-6-40(18-9-33-11-19(18)42)20(12-39)46-26(45)22(32)43/h1-4,7-8,10,18-20,33,42H,5-6,9,11-12H2,(H2,32,43)(H,34,37)(H,36,38)/t18-,19-,20?/m1/s1. The first kappa shape index (κ1) is 31.2. The molecule has 2 aliphatic heterocycles. The van der Waals surface area contributed by atoms with Crippen LogP contribution in [0.5, 0.6) is 0 Å². The maximum absolute atomic E-state index is 13.5. The molecule has 3 atom stereocenters. The molecule has 0 spiro atoms. The van der Waals surface area contributed by atoms with Crippen LogP contribution in [0.15, 0.2) is 43.0 Å². The number of primary amides is 1. The molecule has 4 aromatic rings. The second-order valence-electron chi connectivity index (χ2n) is 10.6. The molecule has 1 unspecified atom stereocenters. The van der Waals surface area contributed by atoms with Crippen molar-refractivity contribution >= 4 is 46.5 Å². The summed E-state index contributed by atoms with van der Waals surface area (Å²) in [4.78, 5) is 48.6. The number of H-pyrrole nitrogens is 1. The van der Waals surface area contributed by atoms with Crippen molar-refractivity contribution in [3.8, 4) is 11.3 Å². The smallest absolute Gasteiger partial charge is 0.433 e. The molecule has 5 heterocycles. The third-order valence-electron chi connectivity index (χ3n) is 7.77. The minimum absolute atomic E-state index is 0.0720. The number of piperazine rings is 1. The first-order chi connectivity index (χ1) is 21.9. The summed E-state index contributed by atoms with van der Waals surface area (Å²) in [5, 5.41) is 22.0. The van der Waals surface area contributed by atoms with Gasteiger partial charge in [0.1, 0.15) is 5.69 Å². The Labute approximate surface area is 262 Å². The number of carbonyl (C=O) groups excluding carboxylic acids is 3. The normalized spacial score (nSPS) is 20.6. The van der Waals surface area contributed by atoms with Crippen LogP contribution in [0.2, 0.25) is 5.02 Å². The average Bonchev–Trinajstić information content (AvgIpc) is 3.77. The van der Waals surface area contributed by atoms with Gasteiger partial charge in [-0.15, -0.1) is 0 Å². The molecule has 0 saturated carbocycles. The molecule has 0 aliphatic carbocycles. The molecule has 0 bridgehead atoms. The van der Waals surface area contributed by atoms with E-state index < -0.39 is 48.0 Å². The van der Waals surface area contributed by atoms with Crippen molar-refractivity contribution < 1.29 is 37.4 Å². The van der Waals surface area contributed by atoms with E-state index in [0.29, 0.717) is 18.8 Å². The number of ether oxygens (including phenoxy) is 1. The average molecular weight is 663 g/mol. The number of rotatable bonds is 6. The second-order valence-corrected chi connectivity index (χ2v) is 11.0. The SMILES string of the molecule is NC(=O)C(=O)OC1CN(C(=O)c2ccc(Nc3nccn4c(-c5cn[nH]c5C(F)(F)F)cnc34)cc2Cl)CCN1[C@@H]1CNC[C@H]1O. The number of imidazole rings is 1. The van der Waals surface area contributed by atoms with Crippen molar-refractivity contribution in [3.63, 3.8) is 0 Å². The number of nitrogens with zero attached hydrogens (tertiary/aromatic N) is 6. The van der Waals surface area contributed by atoms with Gasteiger partial charge in [-0.2, -0.15) is 18.3 Å². The van der Waals surface area contributed by atoms with E-state index in [-0.39, 0.29) is 52.9 Å². The predicted molar refractivity (Wildman–Crippen MR) is 155 cm³/mol. The van der Waals surface area contributed by atoms with E-state index in [0.717, 1.165) is 6.20 Å². The lowest BCUT2D eigenvalue weighted by Gasteiger charge is -2.43. The van der Waals surface area contributed by atoms with Crippen molar-refractivity contribution in [2.24, 2.45) is 5.73 Å². The number of carbonyl (C=O) groups is 3. The number of anilines is 2. The Morgan fingerprint density at radius 3 is 2.65 bits per heavy atom. The number of hydrogen-bond acceptors (Lipinski definition) is 11. The van der Waals surface area contributed by atoms with Crippen LogP contribution in [-0.2, 0) is 20.5 Å². The van der Waals surface area contributed by atoms with E-state index in [1.165, 1.54) is 40.0 Å². The number of nitrogens with two attached hydrogens (primary N) is 1. The molecule has 19 heteroatoms. The zero-order valence-electron chi connectivity index (χ0n) is 23.7. The molecule has 0 radical (unpaired) electrons. The van der Waals surface area contributed by atoms with Crippen molar-refractivity contribution in [2.75, 3.05) is 38.0 Å². The zero-order chi connectivity index (χ0) is 32.7. The summed E-state index contributed by atoms with van der Waals surface area (Å²) in [6.45, 7) is 1.09. The van der Waals surface area contributed by atoms with Gasteiger partial charge in [0.05, 0.1) is 52.9 Å². The number of aromatic amines is 1. The van der Waals surface area contributed by atoms with E-state index in [4.69, 9.17) is 22.1 Å². The zero-order valence-corrected chi connectivity index (χ0v) is 24.4. The Morgan fingerprint density at radius 2 is 1.96 bits per heavy atom. The van der Waals surface area contributed by atoms with Crippen LogP contribution in [0.25, 0.3) is 16.9 Å². The maximum Gasteiger partial charge on any atom is 0.433 e. The minimum atomic E-state index is -4.65. The molecule has 2 amide bonds. The number of halogens is 4. The van der Waals surface area contributed by atoms with Gasteiger partial charge in [-0.05, 0) is 18.2 Å². The Hall–Kier alpha value is -4.78. The van der Waals surface area contributed by atoms with E-state index in [1.807, 2.05) is 5.10 Å². The van der Waals surface area contributed by atoms with Crippen molar-refractivity contribution in [1.82, 2.24) is 39.7 Å². The lowest BCUT2D eigenvalue weighted by atomic mass is 10.1. The van der Waals surface area contributed by atoms with E-state index in [2.05, 4.69) is 25.7 Å². The van der Waals surface area contributed by atoms with Crippen LogP contribution < -0.4 is 16.4 Å². The third kappa shape index (κ3) is 5.94. The number of aromatic nitrogens is 5. The highest BCUT2D eigenvalue weighted by Crippen LogP contribution is 2.36. The highest BCUT2D eigenvalue weighted by molar-refractivity contribution is 6.34. The molecular formula is C27H26ClF3N10O5. The number of aliphatic hydroxyl groups excluding tert-OH is 1. The Balaban J connectivity index is 1.20. The van der Waals surface area contributed by atoms with Crippen LogP contribution in [0.4, 0.5) is 24.7 Å². The largest absolute Gasteiger partial charge is 0.437 e. The first-order valence-electron chi connectivity index (χ1n) is 13.9. The summed E-state index contributed by atoms with van der Waals surface area (Å²) >= 11 is 6.53. The van der Waals surface area contributed by atoms with E-state index in [1.54, 1.807) is 11.0 Å². The summed E-state index contributed by atoms with van der Waals surface area (Å²) in [5.74, 6) is -2.82. The topological polar surface area (TPSA) is 196 Å². The number of hydrogen-bond donors (Lipinski definition) is 5. The second kappa shape index (κ2) is 12.2.